The Hall–Kier alpha value is -2.59. The highest BCUT2D eigenvalue weighted by molar-refractivity contribution is 7.89. The van der Waals surface area contributed by atoms with Gasteiger partial charge in [-0.05, 0) is 35.9 Å². The van der Waals surface area contributed by atoms with Gasteiger partial charge in [-0.15, -0.1) is 0 Å². The SMILES string of the molecule is COc1cc(Cl)c(Cl)c(-c2ccnc(N3CCN(c4cccc(S(N)(=O)=O)n4)CC3)c2)c1. The van der Waals surface area contributed by atoms with Crippen LogP contribution in [0, 0.1) is 0 Å². The molecule has 3 aromatic rings. The van der Waals surface area contributed by atoms with Gasteiger partial charge in [0.15, 0.2) is 5.03 Å². The molecule has 1 aromatic carbocycles. The van der Waals surface area contributed by atoms with Crippen LogP contribution in [0.25, 0.3) is 11.1 Å². The summed E-state index contributed by atoms with van der Waals surface area (Å²) in [4.78, 5) is 12.9. The Morgan fingerprint density at radius 2 is 1.69 bits per heavy atom. The van der Waals surface area contributed by atoms with Gasteiger partial charge >= 0.3 is 0 Å². The molecule has 3 heterocycles. The first-order chi connectivity index (χ1) is 15.3. The number of nitrogens with zero attached hydrogens (tertiary/aromatic N) is 4. The number of nitrogens with two attached hydrogens (primary N) is 1. The van der Waals surface area contributed by atoms with E-state index in [1.165, 1.54) is 6.07 Å². The summed E-state index contributed by atoms with van der Waals surface area (Å²) in [5.74, 6) is 2.01. The zero-order valence-electron chi connectivity index (χ0n) is 17.2. The monoisotopic (exact) mass is 493 g/mol. The summed E-state index contributed by atoms with van der Waals surface area (Å²) >= 11 is 12.7. The van der Waals surface area contributed by atoms with Crippen LogP contribution in [-0.4, -0.2) is 51.7 Å². The van der Waals surface area contributed by atoms with Crippen molar-refractivity contribution in [2.24, 2.45) is 5.14 Å². The van der Waals surface area contributed by atoms with E-state index in [2.05, 4.69) is 14.9 Å². The predicted molar refractivity (Wildman–Crippen MR) is 126 cm³/mol. The summed E-state index contributed by atoms with van der Waals surface area (Å²) in [6, 6.07) is 12.2. The van der Waals surface area contributed by atoms with E-state index in [0.717, 1.165) is 16.9 Å². The zero-order valence-corrected chi connectivity index (χ0v) is 19.5. The zero-order chi connectivity index (χ0) is 22.9. The van der Waals surface area contributed by atoms with Crippen molar-refractivity contribution >= 4 is 44.9 Å². The van der Waals surface area contributed by atoms with Gasteiger partial charge in [0, 0.05) is 44.0 Å². The van der Waals surface area contributed by atoms with E-state index < -0.39 is 10.0 Å². The summed E-state index contributed by atoms with van der Waals surface area (Å²) < 4.78 is 28.5. The van der Waals surface area contributed by atoms with Crippen molar-refractivity contribution in [1.29, 1.82) is 0 Å². The minimum Gasteiger partial charge on any atom is -0.497 e. The normalized spacial score (nSPS) is 14.5. The molecule has 1 saturated heterocycles. The van der Waals surface area contributed by atoms with Gasteiger partial charge < -0.3 is 14.5 Å². The molecule has 2 N–H and O–H groups in total. The first-order valence-electron chi connectivity index (χ1n) is 9.75. The van der Waals surface area contributed by atoms with Crippen LogP contribution in [0.15, 0.2) is 53.7 Å². The molecule has 0 aliphatic carbocycles. The Balaban J connectivity index is 1.53. The standard InChI is InChI=1S/C21H21Cl2N5O3S/c1-31-15-12-16(21(23)17(22)13-15)14-5-6-25-19(11-14)28-9-7-27(8-10-28)18-3-2-4-20(26-18)32(24,29)30/h2-6,11-13H,7-10H2,1H3,(H2,24,29,30). The Bertz CT molecular complexity index is 1250. The molecule has 0 atom stereocenters. The quantitative estimate of drug-likeness (QED) is 0.580. The Morgan fingerprint density at radius 3 is 2.34 bits per heavy atom. The van der Waals surface area contributed by atoms with E-state index in [1.54, 1.807) is 31.5 Å². The molecular formula is C21H21Cl2N5O3S. The van der Waals surface area contributed by atoms with E-state index >= 15 is 0 Å². The van der Waals surface area contributed by atoms with Crippen LogP contribution in [0.1, 0.15) is 0 Å². The van der Waals surface area contributed by atoms with Crippen LogP contribution in [-0.2, 0) is 10.0 Å². The highest BCUT2D eigenvalue weighted by Gasteiger charge is 2.21. The molecule has 4 rings (SSSR count). The second-order valence-electron chi connectivity index (χ2n) is 7.23. The van der Waals surface area contributed by atoms with Gasteiger partial charge in [-0.25, -0.2) is 23.5 Å². The number of hydrogen-bond acceptors (Lipinski definition) is 7. The molecule has 0 unspecified atom stereocenters. The van der Waals surface area contributed by atoms with Crippen molar-refractivity contribution < 1.29 is 13.2 Å². The maximum absolute atomic E-state index is 11.6. The smallest absolute Gasteiger partial charge is 0.255 e. The lowest BCUT2D eigenvalue weighted by Crippen LogP contribution is -2.47. The lowest BCUT2D eigenvalue weighted by Gasteiger charge is -2.36. The maximum atomic E-state index is 11.6. The molecule has 0 radical (unpaired) electrons. The van der Waals surface area contributed by atoms with Crippen molar-refractivity contribution in [2.75, 3.05) is 43.1 Å². The number of ether oxygens (including phenoxy) is 1. The Labute approximate surface area is 196 Å². The summed E-state index contributed by atoms with van der Waals surface area (Å²) in [6.45, 7) is 2.67. The van der Waals surface area contributed by atoms with Crippen molar-refractivity contribution in [2.45, 2.75) is 5.03 Å². The first-order valence-corrected chi connectivity index (χ1v) is 12.1. The molecule has 11 heteroatoms. The average Bonchev–Trinajstić information content (AvgIpc) is 2.80. The fourth-order valence-electron chi connectivity index (χ4n) is 3.55. The summed E-state index contributed by atoms with van der Waals surface area (Å²) in [6.07, 6.45) is 1.73. The molecule has 0 amide bonds. The number of primary sulfonamides is 1. The number of halogens is 2. The number of anilines is 2. The highest BCUT2D eigenvalue weighted by atomic mass is 35.5. The summed E-state index contributed by atoms with van der Waals surface area (Å²) in [5.41, 5.74) is 1.65. The molecule has 2 aromatic heterocycles. The van der Waals surface area contributed by atoms with Crippen molar-refractivity contribution in [3.8, 4) is 16.9 Å². The largest absolute Gasteiger partial charge is 0.497 e. The molecule has 1 fully saturated rings. The molecule has 0 bridgehead atoms. The number of rotatable bonds is 5. The lowest BCUT2D eigenvalue weighted by molar-refractivity contribution is 0.415. The minimum absolute atomic E-state index is 0.138. The number of piperazine rings is 1. The molecular weight excluding hydrogens is 473 g/mol. The predicted octanol–water partition coefficient (Wildman–Crippen LogP) is 3.43. The number of methoxy groups -OCH3 is 1. The third-order valence-corrected chi connectivity index (χ3v) is 6.83. The molecule has 1 aliphatic heterocycles. The fourth-order valence-corrected chi connectivity index (χ4v) is 4.47. The average molecular weight is 494 g/mol. The van der Waals surface area contributed by atoms with Gasteiger partial charge in [-0.3, -0.25) is 0 Å². The summed E-state index contributed by atoms with van der Waals surface area (Å²) in [5, 5.41) is 5.94. The minimum atomic E-state index is -3.85. The van der Waals surface area contributed by atoms with Crippen LogP contribution >= 0.6 is 23.2 Å². The van der Waals surface area contributed by atoms with Gasteiger partial charge in [0.1, 0.15) is 17.4 Å². The Kier molecular flexibility index (Phi) is 6.43. The lowest BCUT2D eigenvalue weighted by atomic mass is 10.1. The molecule has 0 spiro atoms. The van der Waals surface area contributed by atoms with Gasteiger partial charge in [0.2, 0.25) is 0 Å². The first kappa shape index (κ1) is 22.6. The van der Waals surface area contributed by atoms with E-state index in [-0.39, 0.29) is 5.03 Å². The van der Waals surface area contributed by atoms with Crippen molar-refractivity contribution in [3.63, 3.8) is 0 Å². The molecule has 8 nitrogen and oxygen atoms in total. The van der Waals surface area contributed by atoms with E-state index in [0.29, 0.717) is 47.8 Å². The number of hydrogen-bond donors (Lipinski definition) is 1. The van der Waals surface area contributed by atoms with E-state index in [9.17, 15) is 8.42 Å². The summed E-state index contributed by atoms with van der Waals surface area (Å²) in [7, 11) is -2.27. The number of benzene rings is 1. The van der Waals surface area contributed by atoms with E-state index in [4.69, 9.17) is 33.1 Å². The van der Waals surface area contributed by atoms with Crippen LogP contribution < -0.4 is 19.7 Å². The third kappa shape index (κ3) is 4.75. The van der Waals surface area contributed by atoms with Gasteiger partial charge in [-0.2, -0.15) is 0 Å². The van der Waals surface area contributed by atoms with Gasteiger partial charge in [0.25, 0.3) is 10.0 Å². The fraction of sp³-hybridized carbons (Fsp3) is 0.238. The molecule has 1 aliphatic rings. The van der Waals surface area contributed by atoms with Crippen molar-refractivity contribution in [1.82, 2.24) is 9.97 Å². The maximum Gasteiger partial charge on any atom is 0.255 e. The van der Waals surface area contributed by atoms with Crippen LogP contribution in [0.5, 0.6) is 5.75 Å². The van der Waals surface area contributed by atoms with Crippen LogP contribution in [0.2, 0.25) is 10.0 Å². The van der Waals surface area contributed by atoms with Crippen LogP contribution in [0.3, 0.4) is 0 Å². The van der Waals surface area contributed by atoms with Gasteiger partial charge in [-0.1, -0.05) is 29.3 Å². The second-order valence-corrected chi connectivity index (χ2v) is 9.52. The number of aromatic nitrogens is 2. The highest BCUT2D eigenvalue weighted by Crippen LogP contribution is 2.38. The molecule has 168 valence electrons. The van der Waals surface area contributed by atoms with Crippen LogP contribution in [0.4, 0.5) is 11.6 Å². The van der Waals surface area contributed by atoms with Crippen molar-refractivity contribution in [3.05, 3.63) is 58.7 Å². The van der Waals surface area contributed by atoms with E-state index in [1.807, 2.05) is 23.1 Å². The Morgan fingerprint density at radius 1 is 1.00 bits per heavy atom. The van der Waals surface area contributed by atoms with Gasteiger partial charge in [0.05, 0.1) is 17.2 Å². The second kappa shape index (κ2) is 9.11. The number of sulfonamides is 1. The molecule has 32 heavy (non-hydrogen) atoms. The number of pyridine rings is 2. The topological polar surface area (TPSA) is 102 Å². The third-order valence-electron chi connectivity index (χ3n) is 5.22. The molecule has 0 saturated carbocycles.